The van der Waals surface area contributed by atoms with Crippen LogP contribution in [0, 0.1) is 13.8 Å². The summed E-state index contributed by atoms with van der Waals surface area (Å²) >= 11 is 5.12. The van der Waals surface area contributed by atoms with Crippen molar-refractivity contribution in [2.24, 2.45) is 4.99 Å². The van der Waals surface area contributed by atoms with Crippen LogP contribution in [0.4, 0.5) is 5.69 Å². The zero-order chi connectivity index (χ0) is 18.9. The van der Waals surface area contributed by atoms with Gasteiger partial charge in [-0.15, -0.1) is 11.3 Å². The number of aryl methyl sites for hydroxylation is 2. The molecule has 1 aromatic heterocycles. The van der Waals surface area contributed by atoms with Crippen LogP contribution in [0.1, 0.15) is 21.9 Å². The van der Waals surface area contributed by atoms with Gasteiger partial charge in [-0.25, -0.2) is 4.98 Å². The first-order valence-electron chi connectivity index (χ1n) is 8.39. The number of nitrogens with zero attached hydrogens (tertiary/aromatic N) is 2. The lowest BCUT2D eigenvalue weighted by atomic mass is 10.2. The van der Waals surface area contributed by atoms with Gasteiger partial charge in [0.1, 0.15) is 0 Å². The standard InChI is InChI=1S/C18H24BrN5OS/c1-12-4-5-14(19)10-15(12)24-16(25)6-8-21-18(20-3)22-9-7-17-23-11-13(2)26-17/h4-5,10-11H,6-9H2,1-3H3,(H,24,25)(H2,20,21,22). The Kier molecular flexibility index (Phi) is 8.06. The quantitative estimate of drug-likeness (QED) is 0.458. The molecule has 1 heterocycles. The highest BCUT2D eigenvalue weighted by molar-refractivity contribution is 9.10. The molecule has 6 nitrogen and oxygen atoms in total. The van der Waals surface area contributed by atoms with Gasteiger partial charge in [0.25, 0.3) is 0 Å². The van der Waals surface area contributed by atoms with Gasteiger partial charge in [0.2, 0.25) is 5.91 Å². The lowest BCUT2D eigenvalue weighted by Gasteiger charge is -2.12. The minimum atomic E-state index is -0.0348. The van der Waals surface area contributed by atoms with Gasteiger partial charge in [-0.05, 0) is 31.5 Å². The van der Waals surface area contributed by atoms with Gasteiger partial charge < -0.3 is 16.0 Å². The Hall–Kier alpha value is -1.93. The van der Waals surface area contributed by atoms with Crippen molar-refractivity contribution >= 4 is 44.8 Å². The molecule has 0 spiro atoms. The Morgan fingerprint density at radius 2 is 2.04 bits per heavy atom. The number of carbonyl (C=O) groups is 1. The van der Waals surface area contributed by atoms with Crippen molar-refractivity contribution in [3.05, 3.63) is 44.3 Å². The topological polar surface area (TPSA) is 78.4 Å². The molecule has 0 fully saturated rings. The number of halogens is 1. The minimum Gasteiger partial charge on any atom is -0.356 e. The van der Waals surface area contributed by atoms with E-state index in [1.807, 2.05) is 31.3 Å². The van der Waals surface area contributed by atoms with Gasteiger partial charge in [0, 0.05) is 54.2 Å². The molecule has 3 N–H and O–H groups in total. The van der Waals surface area contributed by atoms with Gasteiger partial charge in [0.05, 0.1) is 5.01 Å². The molecule has 2 aromatic rings. The third kappa shape index (κ3) is 6.76. The Labute approximate surface area is 166 Å². The molecule has 0 atom stereocenters. The van der Waals surface area contributed by atoms with E-state index in [1.165, 1.54) is 4.88 Å². The van der Waals surface area contributed by atoms with Crippen LogP contribution < -0.4 is 16.0 Å². The van der Waals surface area contributed by atoms with Gasteiger partial charge in [-0.1, -0.05) is 22.0 Å². The molecule has 0 radical (unpaired) electrons. The van der Waals surface area contributed by atoms with Gasteiger partial charge in [-0.3, -0.25) is 9.79 Å². The van der Waals surface area contributed by atoms with Crippen LogP contribution in [0.2, 0.25) is 0 Å². The summed E-state index contributed by atoms with van der Waals surface area (Å²) < 4.78 is 0.941. The molecule has 0 bridgehead atoms. The Morgan fingerprint density at radius 3 is 2.73 bits per heavy atom. The smallest absolute Gasteiger partial charge is 0.226 e. The maximum atomic E-state index is 12.1. The number of amides is 1. The van der Waals surface area contributed by atoms with Gasteiger partial charge >= 0.3 is 0 Å². The van der Waals surface area contributed by atoms with Crippen molar-refractivity contribution in [1.82, 2.24) is 15.6 Å². The molecule has 1 amide bonds. The van der Waals surface area contributed by atoms with E-state index in [4.69, 9.17) is 0 Å². The molecule has 2 rings (SSSR count). The highest BCUT2D eigenvalue weighted by Gasteiger charge is 2.06. The summed E-state index contributed by atoms with van der Waals surface area (Å²) in [6, 6.07) is 5.82. The summed E-state index contributed by atoms with van der Waals surface area (Å²) in [6.07, 6.45) is 3.10. The molecule has 0 saturated carbocycles. The number of anilines is 1. The largest absolute Gasteiger partial charge is 0.356 e. The lowest BCUT2D eigenvalue weighted by molar-refractivity contribution is -0.116. The molecular formula is C18H24BrN5OS. The number of aromatic nitrogens is 1. The Balaban J connectivity index is 1.69. The fraction of sp³-hybridized carbons (Fsp3) is 0.389. The van der Waals surface area contributed by atoms with Crippen molar-refractivity contribution in [1.29, 1.82) is 0 Å². The zero-order valence-electron chi connectivity index (χ0n) is 15.2. The van der Waals surface area contributed by atoms with Crippen molar-refractivity contribution in [3.63, 3.8) is 0 Å². The van der Waals surface area contributed by atoms with Crippen molar-refractivity contribution < 1.29 is 4.79 Å². The summed E-state index contributed by atoms with van der Waals surface area (Å²) in [5.41, 5.74) is 1.86. The van der Waals surface area contributed by atoms with Crippen LogP contribution in [0.15, 0.2) is 33.9 Å². The molecular weight excluding hydrogens is 414 g/mol. The summed E-state index contributed by atoms with van der Waals surface area (Å²) in [7, 11) is 1.72. The normalized spacial score (nSPS) is 11.3. The number of thiazole rings is 1. The average molecular weight is 438 g/mol. The predicted octanol–water partition coefficient (Wildman–Crippen LogP) is 3.26. The second-order valence-corrected chi connectivity index (χ2v) is 8.03. The number of aliphatic imine (C=N–C) groups is 1. The predicted molar refractivity (Wildman–Crippen MR) is 112 cm³/mol. The molecule has 0 aliphatic heterocycles. The number of guanidine groups is 1. The number of hydrogen-bond donors (Lipinski definition) is 3. The van der Waals surface area contributed by atoms with E-state index in [2.05, 4.69) is 48.8 Å². The molecule has 140 valence electrons. The number of benzene rings is 1. The molecule has 1 aromatic carbocycles. The Morgan fingerprint density at radius 1 is 1.27 bits per heavy atom. The lowest BCUT2D eigenvalue weighted by Crippen LogP contribution is -2.39. The number of carbonyl (C=O) groups excluding carboxylic acids is 1. The number of hydrogen-bond acceptors (Lipinski definition) is 4. The highest BCUT2D eigenvalue weighted by atomic mass is 79.9. The van der Waals surface area contributed by atoms with Gasteiger partial charge in [0.15, 0.2) is 5.96 Å². The maximum Gasteiger partial charge on any atom is 0.226 e. The molecule has 26 heavy (non-hydrogen) atoms. The average Bonchev–Trinajstić information content (AvgIpc) is 3.02. The van der Waals surface area contributed by atoms with Crippen LogP contribution in [0.5, 0.6) is 0 Å². The summed E-state index contributed by atoms with van der Waals surface area (Å²) in [5.74, 6) is 0.650. The van der Waals surface area contributed by atoms with Crippen LogP contribution in [0.3, 0.4) is 0 Å². The first kappa shape index (κ1) is 20.4. The van der Waals surface area contributed by atoms with E-state index in [1.54, 1.807) is 18.4 Å². The SMILES string of the molecule is CN=C(NCCC(=O)Nc1cc(Br)ccc1C)NCCc1ncc(C)s1. The monoisotopic (exact) mass is 437 g/mol. The highest BCUT2D eigenvalue weighted by Crippen LogP contribution is 2.20. The number of rotatable bonds is 7. The molecule has 0 aliphatic rings. The summed E-state index contributed by atoms with van der Waals surface area (Å²) in [6.45, 7) is 5.27. The fourth-order valence-corrected chi connectivity index (χ4v) is 3.41. The van der Waals surface area contributed by atoms with Gasteiger partial charge in [-0.2, -0.15) is 0 Å². The van der Waals surface area contributed by atoms with E-state index < -0.39 is 0 Å². The van der Waals surface area contributed by atoms with Crippen molar-refractivity contribution in [3.8, 4) is 0 Å². The third-order valence-electron chi connectivity index (χ3n) is 3.64. The first-order chi connectivity index (χ1) is 12.5. The van der Waals surface area contributed by atoms with Crippen LogP contribution in [0.25, 0.3) is 0 Å². The third-order valence-corrected chi connectivity index (χ3v) is 5.11. The second kappa shape index (κ2) is 10.3. The zero-order valence-corrected chi connectivity index (χ0v) is 17.6. The van der Waals surface area contributed by atoms with E-state index >= 15 is 0 Å². The molecule has 0 saturated heterocycles. The fourth-order valence-electron chi connectivity index (χ4n) is 2.26. The van der Waals surface area contributed by atoms with Crippen LogP contribution in [-0.4, -0.2) is 37.0 Å². The van der Waals surface area contributed by atoms with Crippen molar-refractivity contribution in [2.75, 3.05) is 25.5 Å². The molecule has 8 heteroatoms. The Bertz CT molecular complexity index is 775. The second-order valence-electron chi connectivity index (χ2n) is 5.80. The molecule has 0 unspecified atom stereocenters. The number of nitrogens with one attached hydrogen (secondary N) is 3. The van der Waals surface area contributed by atoms with Crippen LogP contribution >= 0.6 is 27.3 Å². The van der Waals surface area contributed by atoms with Crippen molar-refractivity contribution in [2.45, 2.75) is 26.7 Å². The molecule has 0 aliphatic carbocycles. The van der Waals surface area contributed by atoms with Crippen LogP contribution in [-0.2, 0) is 11.2 Å². The van der Waals surface area contributed by atoms with E-state index in [-0.39, 0.29) is 5.91 Å². The maximum absolute atomic E-state index is 12.1. The van der Waals surface area contributed by atoms with E-state index in [9.17, 15) is 4.79 Å². The summed E-state index contributed by atoms with van der Waals surface area (Å²) in [4.78, 5) is 21.8. The van der Waals surface area contributed by atoms with E-state index in [0.29, 0.717) is 18.9 Å². The summed E-state index contributed by atoms with van der Waals surface area (Å²) in [5, 5.41) is 10.4. The van der Waals surface area contributed by atoms with E-state index in [0.717, 1.165) is 33.7 Å². The minimum absolute atomic E-state index is 0.0348. The first-order valence-corrected chi connectivity index (χ1v) is 10.0.